The van der Waals surface area contributed by atoms with E-state index in [4.69, 9.17) is 4.74 Å². The van der Waals surface area contributed by atoms with Crippen LogP contribution in [0.25, 0.3) is 10.9 Å². The zero-order chi connectivity index (χ0) is 14.1. The van der Waals surface area contributed by atoms with Gasteiger partial charge >= 0.3 is 5.97 Å². The number of morpholine rings is 1. The number of carboxylic acid groups (broad SMARTS) is 1. The average Bonchev–Trinajstić information content (AvgIpc) is 2.90. The van der Waals surface area contributed by atoms with Crippen molar-refractivity contribution in [2.75, 3.05) is 31.2 Å². The van der Waals surface area contributed by atoms with Crippen molar-refractivity contribution in [2.45, 2.75) is 13.5 Å². The highest BCUT2D eigenvalue weighted by molar-refractivity contribution is 6.00. The number of fused-ring (bicyclic) bond motifs is 1. The van der Waals surface area contributed by atoms with Gasteiger partial charge in [-0.15, -0.1) is 0 Å². The summed E-state index contributed by atoms with van der Waals surface area (Å²) in [5.41, 5.74) is 2.32. The highest BCUT2D eigenvalue weighted by Gasteiger charge is 2.18. The van der Waals surface area contributed by atoms with Crippen molar-refractivity contribution < 1.29 is 14.6 Å². The third kappa shape index (κ3) is 2.14. The van der Waals surface area contributed by atoms with Gasteiger partial charge in [-0.3, -0.25) is 0 Å². The summed E-state index contributed by atoms with van der Waals surface area (Å²) in [5.74, 6) is -0.884. The van der Waals surface area contributed by atoms with Gasteiger partial charge < -0.3 is 19.3 Å². The first kappa shape index (κ1) is 13.0. The first-order valence-corrected chi connectivity index (χ1v) is 6.89. The van der Waals surface area contributed by atoms with E-state index in [9.17, 15) is 9.90 Å². The van der Waals surface area contributed by atoms with E-state index in [-0.39, 0.29) is 0 Å². The minimum atomic E-state index is -0.884. The molecule has 1 saturated heterocycles. The van der Waals surface area contributed by atoms with Crippen molar-refractivity contribution in [2.24, 2.45) is 0 Å². The molecule has 0 radical (unpaired) electrons. The van der Waals surface area contributed by atoms with E-state index in [1.54, 1.807) is 12.1 Å². The number of benzene rings is 1. The fourth-order valence-corrected chi connectivity index (χ4v) is 2.74. The molecule has 1 aliphatic rings. The molecular weight excluding hydrogens is 256 g/mol. The molecule has 5 nitrogen and oxygen atoms in total. The monoisotopic (exact) mass is 274 g/mol. The molecule has 20 heavy (non-hydrogen) atoms. The second kappa shape index (κ2) is 5.17. The summed E-state index contributed by atoms with van der Waals surface area (Å²) in [5, 5.41) is 10.4. The lowest BCUT2D eigenvalue weighted by Crippen LogP contribution is -2.36. The number of hydrogen-bond donors (Lipinski definition) is 1. The summed E-state index contributed by atoms with van der Waals surface area (Å²) in [6, 6.07) is 5.59. The summed E-state index contributed by atoms with van der Waals surface area (Å²) >= 11 is 0. The van der Waals surface area contributed by atoms with E-state index >= 15 is 0 Å². The third-order valence-electron chi connectivity index (χ3n) is 3.81. The molecule has 1 aromatic carbocycles. The summed E-state index contributed by atoms with van der Waals surface area (Å²) in [6.07, 6.45) is 2.01. The summed E-state index contributed by atoms with van der Waals surface area (Å²) in [6.45, 7) is 5.86. The first-order chi connectivity index (χ1) is 9.70. The standard InChI is InChI=1S/C15H18N2O3/c1-2-16-4-3-12-13(16)9-11(15(18)19)10-14(12)17-5-7-20-8-6-17/h3-4,9-10H,2,5-8H2,1H3,(H,18,19). The maximum Gasteiger partial charge on any atom is 0.335 e. The molecule has 1 aromatic heterocycles. The molecule has 0 atom stereocenters. The van der Waals surface area contributed by atoms with Gasteiger partial charge in [0, 0.05) is 36.9 Å². The number of anilines is 1. The fraction of sp³-hybridized carbons (Fsp3) is 0.400. The first-order valence-electron chi connectivity index (χ1n) is 6.89. The molecule has 0 bridgehead atoms. The summed E-state index contributed by atoms with van der Waals surface area (Å²) in [7, 11) is 0. The number of carbonyl (C=O) groups is 1. The van der Waals surface area contributed by atoms with Crippen LogP contribution in [0.2, 0.25) is 0 Å². The Morgan fingerprint density at radius 3 is 2.75 bits per heavy atom. The van der Waals surface area contributed by atoms with Gasteiger partial charge in [0.25, 0.3) is 0 Å². The van der Waals surface area contributed by atoms with Crippen LogP contribution in [0.1, 0.15) is 17.3 Å². The number of aryl methyl sites for hydroxylation is 1. The van der Waals surface area contributed by atoms with Crippen LogP contribution in [-0.2, 0) is 11.3 Å². The smallest absolute Gasteiger partial charge is 0.335 e. The molecule has 5 heteroatoms. The van der Waals surface area contributed by atoms with Crippen LogP contribution in [0.15, 0.2) is 24.4 Å². The lowest BCUT2D eigenvalue weighted by molar-refractivity contribution is 0.0697. The molecule has 1 aliphatic heterocycles. The van der Waals surface area contributed by atoms with Crippen molar-refractivity contribution in [3.63, 3.8) is 0 Å². The van der Waals surface area contributed by atoms with Gasteiger partial charge in [-0.2, -0.15) is 0 Å². The van der Waals surface area contributed by atoms with Gasteiger partial charge in [-0.05, 0) is 25.1 Å². The van der Waals surface area contributed by atoms with E-state index in [1.165, 1.54) is 0 Å². The Balaban J connectivity index is 2.17. The zero-order valence-corrected chi connectivity index (χ0v) is 11.5. The number of nitrogens with zero attached hydrogens (tertiary/aromatic N) is 2. The zero-order valence-electron chi connectivity index (χ0n) is 11.5. The molecule has 0 saturated carbocycles. The topological polar surface area (TPSA) is 54.7 Å². The van der Waals surface area contributed by atoms with Gasteiger partial charge in [0.15, 0.2) is 0 Å². The SMILES string of the molecule is CCn1ccc2c(N3CCOCC3)cc(C(=O)O)cc21. The van der Waals surface area contributed by atoms with E-state index in [0.29, 0.717) is 18.8 Å². The normalized spacial score (nSPS) is 15.8. The molecule has 0 amide bonds. The van der Waals surface area contributed by atoms with Crippen molar-refractivity contribution >= 4 is 22.6 Å². The Bertz CT molecular complexity index is 642. The highest BCUT2D eigenvalue weighted by atomic mass is 16.5. The number of ether oxygens (including phenoxy) is 1. The largest absolute Gasteiger partial charge is 0.478 e. The minimum Gasteiger partial charge on any atom is -0.478 e. The number of hydrogen-bond acceptors (Lipinski definition) is 3. The Morgan fingerprint density at radius 1 is 1.35 bits per heavy atom. The molecule has 0 spiro atoms. The van der Waals surface area contributed by atoms with Crippen molar-refractivity contribution in [1.82, 2.24) is 4.57 Å². The summed E-state index contributed by atoms with van der Waals surface area (Å²) in [4.78, 5) is 13.6. The van der Waals surface area contributed by atoms with Crippen molar-refractivity contribution in [3.05, 3.63) is 30.0 Å². The van der Waals surface area contributed by atoms with Crippen LogP contribution >= 0.6 is 0 Å². The van der Waals surface area contributed by atoms with E-state index < -0.39 is 5.97 Å². The minimum absolute atomic E-state index is 0.340. The Morgan fingerprint density at radius 2 is 2.10 bits per heavy atom. The van der Waals surface area contributed by atoms with Crippen LogP contribution in [0.3, 0.4) is 0 Å². The Kier molecular flexibility index (Phi) is 3.36. The van der Waals surface area contributed by atoms with Gasteiger partial charge in [0.1, 0.15) is 0 Å². The molecule has 2 heterocycles. The number of rotatable bonds is 3. The highest BCUT2D eigenvalue weighted by Crippen LogP contribution is 2.30. The Hall–Kier alpha value is -2.01. The molecule has 2 aromatic rings. The number of aromatic nitrogens is 1. The second-order valence-electron chi connectivity index (χ2n) is 4.93. The molecular formula is C15H18N2O3. The van der Waals surface area contributed by atoms with Gasteiger partial charge in [-0.25, -0.2) is 4.79 Å². The quantitative estimate of drug-likeness (QED) is 0.932. The van der Waals surface area contributed by atoms with Crippen LogP contribution in [0.5, 0.6) is 0 Å². The van der Waals surface area contributed by atoms with Crippen molar-refractivity contribution in [1.29, 1.82) is 0 Å². The van der Waals surface area contributed by atoms with Gasteiger partial charge in [-0.1, -0.05) is 0 Å². The molecule has 0 unspecified atom stereocenters. The van der Waals surface area contributed by atoms with E-state index in [1.807, 2.05) is 6.20 Å². The van der Waals surface area contributed by atoms with Gasteiger partial charge in [0.05, 0.1) is 24.3 Å². The molecule has 0 aliphatic carbocycles. The predicted molar refractivity (Wildman–Crippen MR) is 77.6 cm³/mol. The number of aromatic carboxylic acids is 1. The second-order valence-corrected chi connectivity index (χ2v) is 4.93. The maximum atomic E-state index is 11.3. The van der Waals surface area contributed by atoms with E-state index in [0.717, 1.165) is 36.2 Å². The lowest BCUT2D eigenvalue weighted by Gasteiger charge is -2.29. The fourth-order valence-electron chi connectivity index (χ4n) is 2.74. The molecule has 106 valence electrons. The van der Waals surface area contributed by atoms with E-state index in [2.05, 4.69) is 22.5 Å². The summed E-state index contributed by atoms with van der Waals surface area (Å²) < 4.78 is 7.45. The van der Waals surface area contributed by atoms with Crippen LogP contribution < -0.4 is 4.90 Å². The van der Waals surface area contributed by atoms with Crippen LogP contribution in [-0.4, -0.2) is 41.9 Å². The van der Waals surface area contributed by atoms with Crippen molar-refractivity contribution in [3.8, 4) is 0 Å². The Labute approximate surface area is 117 Å². The molecule has 1 fully saturated rings. The maximum absolute atomic E-state index is 11.3. The third-order valence-corrected chi connectivity index (χ3v) is 3.81. The molecule has 3 rings (SSSR count). The lowest BCUT2D eigenvalue weighted by atomic mass is 10.1. The molecule has 1 N–H and O–H groups in total. The van der Waals surface area contributed by atoms with Crippen LogP contribution in [0, 0.1) is 0 Å². The van der Waals surface area contributed by atoms with Gasteiger partial charge in [0.2, 0.25) is 0 Å². The number of carboxylic acids is 1. The average molecular weight is 274 g/mol. The predicted octanol–water partition coefficient (Wildman–Crippen LogP) is 2.20. The van der Waals surface area contributed by atoms with Crippen LogP contribution in [0.4, 0.5) is 5.69 Å².